The molecule has 0 aliphatic carbocycles. The number of carbonyl (C=O) groups is 1. The number of nitrogens with zero attached hydrogens (tertiary/aromatic N) is 1. The third kappa shape index (κ3) is 3.47. The van der Waals surface area contributed by atoms with E-state index in [2.05, 4.69) is 18.9 Å². The van der Waals surface area contributed by atoms with E-state index < -0.39 is 0 Å². The van der Waals surface area contributed by atoms with E-state index in [9.17, 15) is 4.79 Å². The van der Waals surface area contributed by atoms with Crippen molar-refractivity contribution in [3.05, 3.63) is 0 Å². The van der Waals surface area contributed by atoms with Gasteiger partial charge in [0.1, 0.15) is 5.78 Å². The molecule has 0 spiro atoms. The van der Waals surface area contributed by atoms with Crippen molar-refractivity contribution in [1.29, 1.82) is 0 Å². The molecule has 13 heavy (non-hydrogen) atoms. The van der Waals surface area contributed by atoms with Crippen LogP contribution in [0.2, 0.25) is 0 Å². The van der Waals surface area contributed by atoms with Crippen molar-refractivity contribution < 1.29 is 4.79 Å². The Bertz CT molecular complexity index is 167. The second-order valence-electron chi connectivity index (χ2n) is 4.12. The summed E-state index contributed by atoms with van der Waals surface area (Å²) in [5, 5.41) is 0. The van der Waals surface area contributed by atoms with Gasteiger partial charge in [-0.2, -0.15) is 0 Å². The van der Waals surface area contributed by atoms with E-state index in [4.69, 9.17) is 0 Å². The zero-order valence-electron chi connectivity index (χ0n) is 8.88. The molecule has 2 heteroatoms. The maximum atomic E-state index is 11.4. The minimum absolute atomic E-state index is 0.446. The molecule has 1 atom stereocenters. The number of hydrogen-bond acceptors (Lipinski definition) is 2. The van der Waals surface area contributed by atoms with Crippen LogP contribution in [0.5, 0.6) is 0 Å². The highest BCUT2D eigenvalue weighted by atomic mass is 16.1. The first-order chi connectivity index (χ1) is 6.24. The van der Waals surface area contributed by atoms with Crippen LogP contribution in [0.15, 0.2) is 0 Å². The summed E-state index contributed by atoms with van der Waals surface area (Å²) in [6, 6.07) is 0.535. The van der Waals surface area contributed by atoms with Gasteiger partial charge in [0.15, 0.2) is 0 Å². The molecule has 0 bridgehead atoms. The first-order valence-electron chi connectivity index (χ1n) is 5.46. The van der Waals surface area contributed by atoms with Gasteiger partial charge in [0.25, 0.3) is 0 Å². The van der Waals surface area contributed by atoms with Crippen LogP contribution in [0, 0.1) is 0 Å². The molecule has 0 aromatic carbocycles. The summed E-state index contributed by atoms with van der Waals surface area (Å²) in [5.74, 6) is 0.446. The Balaban J connectivity index is 2.29. The Morgan fingerprint density at radius 2 is 2.23 bits per heavy atom. The van der Waals surface area contributed by atoms with E-state index >= 15 is 0 Å². The van der Waals surface area contributed by atoms with Gasteiger partial charge in [-0.15, -0.1) is 0 Å². The highest BCUT2D eigenvalue weighted by molar-refractivity contribution is 5.78. The molecule has 1 rings (SSSR count). The molecule has 0 saturated carbocycles. The molecule has 0 N–H and O–H groups in total. The average Bonchev–Trinajstić information content (AvgIpc) is 2.09. The number of likely N-dealkylation sites (tertiary alicyclic amines) is 1. The Kier molecular flexibility index (Phi) is 4.43. The Morgan fingerprint density at radius 3 is 2.85 bits per heavy atom. The summed E-state index contributed by atoms with van der Waals surface area (Å²) in [7, 11) is 2.14. The fourth-order valence-electron chi connectivity index (χ4n) is 2.05. The molecule has 1 heterocycles. The number of hydrogen-bond donors (Lipinski definition) is 0. The maximum Gasteiger partial charge on any atom is 0.134 e. The highest BCUT2D eigenvalue weighted by Gasteiger charge is 2.20. The van der Waals surface area contributed by atoms with Crippen LogP contribution in [0.25, 0.3) is 0 Å². The molecule has 2 nitrogen and oxygen atoms in total. The van der Waals surface area contributed by atoms with Gasteiger partial charge in [-0.05, 0) is 32.9 Å². The first-order valence-corrected chi connectivity index (χ1v) is 5.46. The molecular weight excluding hydrogens is 162 g/mol. The molecule has 0 aromatic heterocycles. The van der Waals surface area contributed by atoms with Gasteiger partial charge < -0.3 is 4.90 Å². The number of piperidine rings is 1. The lowest BCUT2D eigenvalue weighted by atomic mass is 9.97. The summed E-state index contributed by atoms with van der Waals surface area (Å²) >= 11 is 0. The lowest BCUT2D eigenvalue weighted by Crippen LogP contribution is -2.37. The quantitative estimate of drug-likeness (QED) is 0.666. The number of rotatable bonds is 4. The van der Waals surface area contributed by atoms with E-state index in [0.29, 0.717) is 11.8 Å². The van der Waals surface area contributed by atoms with Gasteiger partial charge in [0.05, 0.1) is 0 Å². The van der Waals surface area contributed by atoms with E-state index in [1.165, 1.54) is 25.8 Å². The first kappa shape index (κ1) is 10.7. The average molecular weight is 183 g/mol. The molecule has 1 saturated heterocycles. The van der Waals surface area contributed by atoms with Crippen LogP contribution in [-0.4, -0.2) is 30.3 Å². The zero-order chi connectivity index (χ0) is 9.68. The molecular formula is C11H21NO. The maximum absolute atomic E-state index is 11.4. The van der Waals surface area contributed by atoms with Crippen LogP contribution >= 0.6 is 0 Å². The predicted octanol–water partition coefficient (Wildman–Crippen LogP) is 2.23. The van der Waals surface area contributed by atoms with Gasteiger partial charge in [0, 0.05) is 18.9 Å². The van der Waals surface area contributed by atoms with Gasteiger partial charge in [0.2, 0.25) is 0 Å². The molecule has 1 aliphatic rings. The smallest absolute Gasteiger partial charge is 0.134 e. The summed E-state index contributed by atoms with van der Waals surface area (Å²) in [6.45, 7) is 3.24. The molecule has 1 fully saturated rings. The lowest BCUT2D eigenvalue weighted by Gasteiger charge is -2.31. The van der Waals surface area contributed by atoms with Crippen LogP contribution in [0.4, 0.5) is 0 Å². The highest BCUT2D eigenvalue weighted by Crippen LogP contribution is 2.18. The summed E-state index contributed by atoms with van der Waals surface area (Å²) < 4.78 is 0. The van der Waals surface area contributed by atoms with Gasteiger partial charge in [-0.1, -0.05) is 13.3 Å². The fourth-order valence-corrected chi connectivity index (χ4v) is 2.05. The Hall–Kier alpha value is -0.370. The molecule has 0 unspecified atom stereocenters. The Labute approximate surface area is 81.3 Å². The van der Waals surface area contributed by atoms with Crippen molar-refractivity contribution in [2.75, 3.05) is 13.6 Å². The van der Waals surface area contributed by atoms with Crippen molar-refractivity contribution in [1.82, 2.24) is 4.90 Å². The molecule has 0 amide bonds. The van der Waals surface area contributed by atoms with E-state index in [1.54, 1.807) is 0 Å². The summed E-state index contributed by atoms with van der Waals surface area (Å²) in [4.78, 5) is 13.8. The third-order valence-electron chi connectivity index (χ3n) is 2.91. The summed E-state index contributed by atoms with van der Waals surface area (Å²) in [5.41, 5.74) is 0. The van der Waals surface area contributed by atoms with Gasteiger partial charge in [-0.3, -0.25) is 4.79 Å². The standard InChI is InChI=1S/C11H21NO/c1-3-6-11(13)9-10-7-4-5-8-12(10)2/h10H,3-9H2,1-2H3/t10-/m1/s1. The lowest BCUT2D eigenvalue weighted by molar-refractivity contribution is -0.120. The summed E-state index contributed by atoms with van der Waals surface area (Å²) in [6.07, 6.45) is 6.36. The van der Waals surface area contributed by atoms with Crippen molar-refractivity contribution >= 4 is 5.78 Å². The number of Topliss-reactive ketones (excluding diaryl/α,β-unsaturated/α-hetero) is 1. The topological polar surface area (TPSA) is 20.3 Å². The monoisotopic (exact) mass is 183 g/mol. The minimum Gasteiger partial charge on any atom is -0.303 e. The van der Waals surface area contributed by atoms with E-state index in [0.717, 1.165) is 19.3 Å². The van der Waals surface area contributed by atoms with Crippen LogP contribution in [0.1, 0.15) is 45.4 Å². The van der Waals surface area contributed by atoms with Gasteiger partial charge in [-0.25, -0.2) is 0 Å². The molecule has 76 valence electrons. The largest absolute Gasteiger partial charge is 0.303 e. The molecule has 1 aliphatic heterocycles. The van der Waals surface area contributed by atoms with Crippen molar-refractivity contribution in [3.8, 4) is 0 Å². The zero-order valence-corrected chi connectivity index (χ0v) is 8.88. The number of ketones is 1. The van der Waals surface area contributed by atoms with Crippen LogP contribution < -0.4 is 0 Å². The molecule has 0 aromatic rings. The van der Waals surface area contributed by atoms with Crippen molar-refractivity contribution in [3.63, 3.8) is 0 Å². The van der Waals surface area contributed by atoms with E-state index in [1.807, 2.05) is 0 Å². The van der Waals surface area contributed by atoms with Crippen molar-refractivity contribution in [2.24, 2.45) is 0 Å². The minimum atomic E-state index is 0.446. The Morgan fingerprint density at radius 1 is 1.46 bits per heavy atom. The molecule has 0 radical (unpaired) electrons. The van der Waals surface area contributed by atoms with Crippen LogP contribution in [-0.2, 0) is 4.79 Å². The fraction of sp³-hybridized carbons (Fsp3) is 0.909. The van der Waals surface area contributed by atoms with Crippen LogP contribution in [0.3, 0.4) is 0 Å². The number of carbonyl (C=O) groups excluding carboxylic acids is 1. The van der Waals surface area contributed by atoms with Crippen molar-refractivity contribution in [2.45, 2.75) is 51.5 Å². The third-order valence-corrected chi connectivity index (χ3v) is 2.91. The SMILES string of the molecule is CCCC(=O)C[C@H]1CCCCN1C. The second kappa shape index (κ2) is 5.38. The second-order valence-corrected chi connectivity index (χ2v) is 4.12. The normalized spacial score (nSPS) is 24.6. The van der Waals surface area contributed by atoms with E-state index in [-0.39, 0.29) is 0 Å². The predicted molar refractivity (Wildman–Crippen MR) is 54.8 cm³/mol. The van der Waals surface area contributed by atoms with Gasteiger partial charge >= 0.3 is 0 Å².